The summed E-state index contributed by atoms with van der Waals surface area (Å²) in [5.41, 5.74) is 2.59. The minimum atomic E-state index is -0.186. The molecule has 0 aliphatic heterocycles. The molecule has 0 aliphatic rings. The van der Waals surface area contributed by atoms with Crippen LogP contribution in [0.1, 0.15) is 36.7 Å². The number of hydrogen-bond donors (Lipinski definition) is 1. The topological polar surface area (TPSA) is 51.2 Å². The summed E-state index contributed by atoms with van der Waals surface area (Å²) in [4.78, 5) is 16.1. The van der Waals surface area contributed by atoms with Crippen LogP contribution < -0.4 is 10.1 Å². The van der Waals surface area contributed by atoms with Gasteiger partial charge >= 0.3 is 0 Å². The molecule has 0 bridgehead atoms. The molecule has 0 spiro atoms. The highest BCUT2D eigenvalue weighted by atomic mass is 16.5. The Labute approximate surface area is 125 Å². The number of carbonyl (C=O) groups is 1. The molecule has 1 heterocycles. The fourth-order valence-corrected chi connectivity index (χ4v) is 1.89. The lowest BCUT2D eigenvalue weighted by Gasteiger charge is -2.19. The maximum atomic E-state index is 12.1. The highest BCUT2D eigenvalue weighted by Gasteiger charge is 2.13. The molecule has 4 heteroatoms. The molecule has 1 aromatic carbocycles. The number of ether oxygens (including phenoxy) is 1. The molecule has 0 fully saturated rings. The maximum Gasteiger partial charge on any atom is 0.257 e. The van der Waals surface area contributed by atoms with Crippen LogP contribution in [0.5, 0.6) is 5.88 Å². The van der Waals surface area contributed by atoms with Crippen LogP contribution in [0.3, 0.4) is 0 Å². The van der Waals surface area contributed by atoms with Crippen molar-refractivity contribution in [2.45, 2.75) is 26.2 Å². The summed E-state index contributed by atoms with van der Waals surface area (Å²) >= 11 is 0. The Morgan fingerprint density at radius 3 is 2.24 bits per heavy atom. The number of anilines is 1. The second-order valence-electron chi connectivity index (χ2n) is 5.87. The molecule has 21 heavy (non-hydrogen) atoms. The van der Waals surface area contributed by atoms with Crippen LogP contribution in [-0.4, -0.2) is 18.0 Å². The van der Waals surface area contributed by atoms with Crippen molar-refractivity contribution in [1.82, 2.24) is 4.98 Å². The van der Waals surface area contributed by atoms with Gasteiger partial charge in [0, 0.05) is 18.0 Å². The van der Waals surface area contributed by atoms with Crippen LogP contribution in [0.4, 0.5) is 5.69 Å². The van der Waals surface area contributed by atoms with Crippen molar-refractivity contribution in [2.24, 2.45) is 0 Å². The molecule has 2 aromatic rings. The SMILES string of the molecule is COc1ccc(C(=O)Nc2ccc(C(C)(C)C)cc2)cn1. The van der Waals surface area contributed by atoms with Gasteiger partial charge < -0.3 is 10.1 Å². The summed E-state index contributed by atoms with van der Waals surface area (Å²) < 4.78 is 4.97. The van der Waals surface area contributed by atoms with Gasteiger partial charge in [-0.25, -0.2) is 4.98 Å². The van der Waals surface area contributed by atoms with Crippen molar-refractivity contribution in [3.8, 4) is 5.88 Å². The summed E-state index contributed by atoms with van der Waals surface area (Å²) in [6.45, 7) is 6.47. The van der Waals surface area contributed by atoms with Crippen LogP contribution >= 0.6 is 0 Å². The van der Waals surface area contributed by atoms with Gasteiger partial charge in [0.05, 0.1) is 12.7 Å². The number of aromatic nitrogens is 1. The summed E-state index contributed by atoms with van der Waals surface area (Å²) in [5.74, 6) is 0.301. The van der Waals surface area contributed by atoms with E-state index in [0.29, 0.717) is 11.4 Å². The quantitative estimate of drug-likeness (QED) is 0.936. The predicted octanol–water partition coefficient (Wildman–Crippen LogP) is 3.64. The number of methoxy groups -OCH3 is 1. The zero-order valence-electron chi connectivity index (χ0n) is 12.8. The summed E-state index contributed by atoms with van der Waals surface area (Å²) in [7, 11) is 1.54. The number of pyridine rings is 1. The minimum absolute atomic E-state index is 0.0996. The van der Waals surface area contributed by atoms with Gasteiger partial charge in [-0.15, -0.1) is 0 Å². The largest absolute Gasteiger partial charge is 0.481 e. The molecule has 0 saturated heterocycles. The van der Waals surface area contributed by atoms with Crippen molar-refractivity contribution in [3.05, 3.63) is 53.7 Å². The fraction of sp³-hybridized carbons (Fsp3) is 0.294. The average molecular weight is 284 g/mol. The van der Waals surface area contributed by atoms with Gasteiger partial charge in [0.15, 0.2) is 0 Å². The molecular weight excluding hydrogens is 264 g/mol. The number of benzene rings is 1. The summed E-state index contributed by atoms with van der Waals surface area (Å²) in [6, 6.07) is 11.2. The number of nitrogens with one attached hydrogen (secondary N) is 1. The van der Waals surface area contributed by atoms with E-state index in [0.717, 1.165) is 5.69 Å². The molecule has 0 aliphatic carbocycles. The van der Waals surface area contributed by atoms with Gasteiger partial charge in [0.2, 0.25) is 5.88 Å². The van der Waals surface area contributed by atoms with Gasteiger partial charge in [-0.1, -0.05) is 32.9 Å². The van der Waals surface area contributed by atoms with Gasteiger partial charge in [0.1, 0.15) is 0 Å². The van der Waals surface area contributed by atoms with Gasteiger partial charge in [-0.05, 0) is 29.2 Å². The second kappa shape index (κ2) is 5.95. The number of hydrogen-bond acceptors (Lipinski definition) is 3. The highest BCUT2D eigenvalue weighted by Crippen LogP contribution is 2.23. The van der Waals surface area contributed by atoms with Crippen LogP contribution in [-0.2, 0) is 5.41 Å². The Kier molecular flexibility index (Phi) is 4.26. The van der Waals surface area contributed by atoms with Crippen LogP contribution in [0.25, 0.3) is 0 Å². The van der Waals surface area contributed by atoms with E-state index in [1.165, 1.54) is 11.8 Å². The first-order valence-corrected chi connectivity index (χ1v) is 6.82. The molecule has 110 valence electrons. The number of amides is 1. The molecule has 0 unspecified atom stereocenters. The third kappa shape index (κ3) is 3.81. The third-order valence-electron chi connectivity index (χ3n) is 3.22. The first-order chi connectivity index (χ1) is 9.90. The van der Waals surface area contributed by atoms with Crippen LogP contribution in [0.15, 0.2) is 42.6 Å². The van der Waals surface area contributed by atoms with Crippen molar-refractivity contribution in [1.29, 1.82) is 0 Å². The van der Waals surface area contributed by atoms with E-state index in [-0.39, 0.29) is 11.3 Å². The molecule has 0 atom stereocenters. The Morgan fingerprint density at radius 2 is 1.76 bits per heavy atom. The molecule has 2 rings (SSSR count). The van der Waals surface area contributed by atoms with E-state index in [2.05, 4.69) is 31.1 Å². The lowest BCUT2D eigenvalue weighted by atomic mass is 9.87. The van der Waals surface area contributed by atoms with E-state index >= 15 is 0 Å². The average Bonchev–Trinajstić information content (AvgIpc) is 2.47. The zero-order valence-corrected chi connectivity index (χ0v) is 12.8. The molecule has 4 nitrogen and oxygen atoms in total. The summed E-state index contributed by atoms with van der Waals surface area (Å²) in [5, 5.41) is 2.85. The standard InChI is InChI=1S/C17H20N2O2/c1-17(2,3)13-6-8-14(9-7-13)19-16(20)12-5-10-15(21-4)18-11-12/h5-11H,1-4H3,(H,19,20). The van der Waals surface area contributed by atoms with E-state index in [4.69, 9.17) is 4.74 Å². The Hall–Kier alpha value is -2.36. The lowest BCUT2D eigenvalue weighted by Crippen LogP contribution is -2.13. The van der Waals surface area contributed by atoms with E-state index in [1.54, 1.807) is 19.2 Å². The van der Waals surface area contributed by atoms with Gasteiger partial charge in [-0.2, -0.15) is 0 Å². The van der Waals surface area contributed by atoms with Crippen molar-refractivity contribution in [2.75, 3.05) is 12.4 Å². The molecule has 1 amide bonds. The second-order valence-corrected chi connectivity index (χ2v) is 5.87. The number of rotatable bonds is 3. The lowest BCUT2D eigenvalue weighted by molar-refractivity contribution is 0.102. The van der Waals surface area contributed by atoms with Gasteiger partial charge in [0.25, 0.3) is 5.91 Å². The molecule has 1 aromatic heterocycles. The zero-order chi connectivity index (χ0) is 15.5. The first kappa shape index (κ1) is 15.0. The predicted molar refractivity (Wildman–Crippen MR) is 83.9 cm³/mol. The summed E-state index contributed by atoms with van der Waals surface area (Å²) in [6.07, 6.45) is 1.50. The number of nitrogens with zero attached hydrogens (tertiary/aromatic N) is 1. The van der Waals surface area contributed by atoms with Crippen LogP contribution in [0, 0.1) is 0 Å². The number of carbonyl (C=O) groups excluding carboxylic acids is 1. The highest BCUT2D eigenvalue weighted by molar-refractivity contribution is 6.04. The Morgan fingerprint density at radius 1 is 1.10 bits per heavy atom. The molecule has 0 radical (unpaired) electrons. The third-order valence-corrected chi connectivity index (χ3v) is 3.22. The molecular formula is C17H20N2O2. The maximum absolute atomic E-state index is 12.1. The van der Waals surface area contributed by atoms with Crippen molar-refractivity contribution in [3.63, 3.8) is 0 Å². The van der Waals surface area contributed by atoms with E-state index < -0.39 is 0 Å². The first-order valence-electron chi connectivity index (χ1n) is 6.82. The van der Waals surface area contributed by atoms with E-state index in [9.17, 15) is 4.79 Å². The monoisotopic (exact) mass is 284 g/mol. The Balaban J connectivity index is 2.08. The minimum Gasteiger partial charge on any atom is -0.481 e. The normalized spacial score (nSPS) is 11.0. The van der Waals surface area contributed by atoms with Crippen molar-refractivity contribution < 1.29 is 9.53 Å². The smallest absolute Gasteiger partial charge is 0.257 e. The Bertz CT molecular complexity index is 611. The fourth-order valence-electron chi connectivity index (χ4n) is 1.89. The molecule has 0 saturated carbocycles. The van der Waals surface area contributed by atoms with E-state index in [1.807, 2.05) is 24.3 Å². The van der Waals surface area contributed by atoms with Gasteiger partial charge in [-0.3, -0.25) is 4.79 Å². The molecule has 1 N–H and O–H groups in total. The van der Waals surface area contributed by atoms with Crippen LogP contribution in [0.2, 0.25) is 0 Å². The van der Waals surface area contributed by atoms with Crippen molar-refractivity contribution >= 4 is 11.6 Å².